The molecular formula is C43H47ClN10O5. The summed E-state index contributed by atoms with van der Waals surface area (Å²) in [6, 6.07) is 14.5. The van der Waals surface area contributed by atoms with E-state index in [2.05, 4.69) is 46.9 Å². The van der Waals surface area contributed by atoms with Gasteiger partial charge < -0.3 is 19.6 Å². The molecule has 2 atom stereocenters. The largest absolute Gasteiger partial charge is 0.371 e. The number of amides is 5. The molecule has 3 aromatic rings. The van der Waals surface area contributed by atoms with Crippen LogP contribution in [0.2, 0.25) is 5.02 Å². The van der Waals surface area contributed by atoms with Gasteiger partial charge in [0.05, 0.1) is 17.7 Å². The molecule has 1 N–H and O–H groups in total. The first-order valence-electron chi connectivity index (χ1n) is 20.7. The number of anilines is 3. The smallest absolute Gasteiger partial charge is 0.274 e. The SMILES string of the molecule is [C-]#[N+]c1ccc(N2CC3(CCN(c4ccc(C(=O)N5CCN(C6CCN(c7ccc8c(c7)C(=O)N(C7CCC(=O)NC7=O)C8=O)CC6)CC5)nn4)CC3)C[C@@H]2C)cc1Cl. The van der Waals surface area contributed by atoms with Crippen molar-refractivity contribution in [2.24, 2.45) is 5.41 Å². The Labute approximate surface area is 348 Å². The van der Waals surface area contributed by atoms with E-state index >= 15 is 0 Å². The zero-order chi connectivity index (χ0) is 41.0. The summed E-state index contributed by atoms with van der Waals surface area (Å²) in [5.41, 5.74) is 3.56. The standard InChI is InChI=1S/C43H47ClN10O5/c1-27-25-43(26-53(27)30-4-6-34(45-2)33(44)24-30)13-17-51(18-14-43)37-9-7-35(47-48-37)42(59)52-21-19-50(20-22-52)28-11-15-49(16-12-28)29-3-5-31-32(23-29)41(58)54(40(31)57)36-8-10-38(55)46-39(36)56/h3-7,9,23-24,27-28,36H,8,10-22,25-26H2,1H3,(H,46,55,56)/t27-,36?/m0/s1. The number of carbonyl (C=O) groups excluding carboxylic acids is 5. The summed E-state index contributed by atoms with van der Waals surface area (Å²) in [5, 5.41) is 11.6. The van der Waals surface area contributed by atoms with Crippen molar-refractivity contribution in [2.75, 3.05) is 73.6 Å². The van der Waals surface area contributed by atoms with E-state index < -0.39 is 29.7 Å². The minimum Gasteiger partial charge on any atom is -0.371 e. The van der Waals surface area contributed by atoms with Gasteiger partial charge in [0.25, 0.3) is 17.7 Å². The van der Waals surface area contributed by atoms with E-state index in [-0.39, 0.29) is 29.7 Å². The first-order chi connectivity index (χ1) is 28.5. The van der Waals surface area contributed by atoms with Gasteiger partial charge in [0.15, 0.2) is 11.5 Å². The second-order valence-electron chi connectivity index (χ2n) is 16.9. The molecule has 2 aromatic carbocycles. The minimum absolute atomic E-state index is 0.0836. The van der Waals surface area contributed by atoms with Gasteiger partial charge in [-0.2, -0.15) is 0 Å². The summed E-state index contributed by atoms with van der Waals surface area (Å²) in [4.78, 5) is 79.9. The third-order valence-electron chi connectivity index (χ3n) is 13.5. The molecule has 16 heteroatoms. The number of aromatic nitrogens is 2. The number of piperazine rings is 1. The molecule has 5 fully saturated rings. The molecule has 1 aromatic heterocycles. The number of hydrogen-bond donors (Lipinski definition) is 1. The van der Waals surface area contributed by atoms with Crippen LogP contribution in [0.15, 0.2) is 48.5 Å². The van der Waals surface area contributed by atoms with E-state index in [9.17, 15) is 24.0 Å². The highest BCUT2D eigenvalue weighted by molar-refractivity contribution is 6.33. The van der Waals surface area contributed by atoms with Crippen LogP contribution >= 0.6 is 11.6 Å². The zero-order valence-electron chi connectivity index (χ0n) is 33.1. The van der Waals surface area contributed by atoms with Crippen LogP contribution in [0, 0.1) is 12.0 Å². The Hall–Kier alpha value is -5.59. The molecule has 1 spiro atoms. The minimum atomic E-state index is -0.985. The van der Waals surface area contributed by atoms with Crippen molar-refractivity contribution in [3.05, 3.63) is 81.8 Å². The van der Waals surface area contributed by atoms with Gasteiger partial charge in [-0.1, -0.05) is 17.7 Å². The maximum absolute atomic E-state index is 13.5. The van der Waals surface area contributed by atoms with Crippen LogP contribution in [0.4, 0.5) is 22.9 Å². The Morgan fingerprint density at radius 2 is 1.56 bits per heavy atom. The van der Waals surface area contributed by atoms with Crippen molar-refractivity contribution < 1.29 is 24.0 Å². The van der Waals surface area contributed by atoms with E-state index in [0.29, 0.717) is 47.1 Å². The molecular weight excluding hydrogens is 772 g/mol. The lowest BCUT2D eigenvalue weighted by molar-refractivity contribution is -0.136. The number of rotatable bonds is 6. The van der Waals surface area contributed by atoms with Gasteiger partial charge in [-0.15, -0.1) is 10.2 Å². The average molecular weight is 819 g/mol. The Balaban J connectivity index is 0.736. The van der Waals surface area contributed by atoms with E-state index in [1.165, 1.54) is 0 Å². The Morgan fingerprint density at radius 1 is 0.831 bits per heavy atom. The van der Waals surface area contributed by atoms with Crippen LogP contribution in [-0.4, -0.2) is 131 Å². The molecule has 0 aliphatic carbocycles. The molecule has 15 nitrogen and oxygen atoms in total. The van der Waals surface area contributed by atoms with Crippen LogP contribution < -0.4 is 20.0 Å². The number of nitrogens with zero attached hydrogens (tertiary/aromatic N) is 9. The first-order valence-corrected chi connectivity index (χ1v) is 21.0. The molecule has 5 amide bonds. The summed E-state index contributed by atoms with van der Waals surface area (Å²) < 4.78 is 0. The fourth-order valence-electron chi connectivity index (χ4n) is 10.2. The summed E-state index contributed by atoms with van der Waals surface area (Å²) in [5.74, 6) is -1.31. The van der Waals surface area contributed by atoms with Crippen molar-refractivity contribution in [1.82, 2.24) is 30.2 Å². The average Bonchev–Trinajstić information content (AvgIpc) is 3.71. The lowest BCUT2D eigenvalue weighted by atomic mass is 9.77. The van der Waals surface area contributed by atoms with Gasteiger partial charge >= 0.3 is 0 Å². The van der Waals surface area contributed by atoms with E-state index in [4.69, 9.17) is 18.2 Å². The third kappa shape index (κ3) is 7.26. The molecule has 9 rings (SSSR count). The van der Waals surface area contributed by atoms with E-state index in [1.807, 2.05) is 41.3 Å². The number of benzene rings is 2. The van der Waals surface area contributed by atoms with Crippen molar-refractivity contribution in [3.63, 3.8) is 0 Å². The Bertz CT molecular complexity index is 2240. The Morgan fingerprint density at radius 3 is 2.24 bits per heavy atom. The normalized spacial score (nSPS) is 23.8. The number of imide groups is 2. The lowest BCUT2D eigenvalue weighted by Crippen LogP contribution is -2.54. The van der Waals surface area contributed by atoms with E-state index in [0.717, 1.165) is 100 Å². The summed E-state index contributed by atoms with van der Waals surface area (Å²) in [7, 11) is 0. The molecule has 1 unspecified atom stereocenters. The number of nitrogens with one attached hydrogen (secondary N) is 1. The summed E-state index contributed by atoms with van der Waals surface area (Å²) in [6.45, 7) is 16.6. The molecule has 7 heterocycles. The number of piperidine rings is 3. The van der Waals surface area contributed by atoms with Gasteiger partial charge in [-0.05, 0) is 93.3 Å². The molecule has 0 bridgehead atoms. The number of carbonyl (C=O) groups is 5. The molecule has 6 aliphatic heterocycles. The van der Waals surface area contributed by atoms with Crippen LogP contribution in [0.3, 0.4) is 0 Å². The summed E-state index contributed by atoms with van der Waals surface area (Å²) in [6.07, 6.45) is 5.24. The molecule has 6 aliphatic rings. The number of hydrogen-bond acceptors (Lipinski definition) is 11. The molecule has 5 saturated heterocycles. The van der Waals surface area contributed by atoms with Crippen LogP contribution in [-0.2, 0) is 9.59 Å². The fourth-order valence-corrected chi connectivity index (χ4v) is 10.4. The molecule has 0 saturated carbocycles. The molecule has 0 radical (unpaired) electrons. The van der Waals surface area contributed by atoms with E-state index in [1.54, 1.807) is 12.1 Å². The van der Waals surface area contributed by atoms with Crippen LogP contribution in [0.5, 0.6) is 0 Å². The van der Waals surface area contributed by atoms with Gasteiger partial charge in [0.2, 0.25) is 17.5 Å². The van der Waals surface area contributed by atoms with Gasteiger partial charge in [0.1, 0.15) is 6.04 Å². The van der Waals surface area contributed by atoms with Crippen molar-refractivity contribution in [1.29, 1.82) is 0 Å². The maximum atomic E-state index is 13.5. The van der Waals surface area contributed by atoms with Crippen molar-refractivity contribution >= 4 is 64.0 Å². The lowest BCUT2D eigenvalue weighted by Gasteiger charge is -2.43. The second kappa shape index (κ2) is 15.5. The highest BCUT2D eigenvalue weighted by Gasteiger charge is 2.46. The fraction of sp³-hybridized carbons (Fsp3) is 0.488. The van der Waals surface area contributed by atoms with Gasteiger partial charge in [0, 0.05) is 93.8 Å². The monoisotopic (exact) mass is 818 g/mol. The van der Waals surface area contributed by atoms with Gasteiger partial charge in [-0.25, -0.2) is 4.85 Å². The second-order valence-corrected chi connectivity index (χ2v) is 17.3. The topological polar surface area (TPSA) is 147 Å². The van der Waals surface area contributed by atoms with Gasteiger partial charge in [-0.3, -0.25) is 39.1 Å². The highest BCUT2D eigenvalue weighted by atomic mass is 35.5. The summed E-state index contributed by atoms with van der Waals surface area (Å²) >= 11 is 6.38. The molecule has 59 heavy (non-hydrogen) atoms. The quantitative estimate of drug-likeness (QED) is 0.279. The maximum Gasteiger partial charge on any atom is 0.274 e. The van der Waals surface area contributed by atoms with Crippen molar-refractivity contribution in [2.45, 2.75) is 70.0 Å². The van der Waals surface area contributed by atoms with Crippen LogP contribution in [0.1, 0.15) is 83.1 Å². The predicted molar refractivity (Wildman–Crippen MR) is 221 cm³/mol. The number of fused-ring (bicyclic) bond motifs is 1. The predicted octanol–water partition coefficient (Wildman–Crippen LogP) is 4.39. The molecule has 306 valence electrons. The zero-order valence-corrected chi connectivity index (χ0v) is 33.9. The highest BCUT2D eigenvalue weighted by Crippen LogP contribution is 2.46. The number of halogens is 1. The third-order valence-corrected chi connectivity index (χ3v) is 13.8. The van der Waals surface area contributed by atoms with Crippen LogP contribution in [0.25, 0.3) is 4.85 Å². The Kier molecular flexibility index (Phi) is 10.2. The first kappa shape index (κ1) is 38.9. The van der Waals surface area contributed by atoms with Crippen molar-refractivity contribution in [3.8, 4) is 0 Å².